The molecular formula is C5H11Cl2O5P. The lowest BCUT2D eigenvalue weighted by atomic mass is 10.1. The molecule has 0 amide bonds. The molecule has 80 valence electrons. The van der Waals surface area contributed by atoms with Gasteiger partial charge in [0.2, 0.25) is 6.85 Å². The average Bonchev–Trinajstić information content (AvgIpc) is 2.11. The molecule has 0 aliphatic carbocycles. The second-order valence-electron chi connectivity index (χ2n) is 2.31. The quantitative estimate of drug-likeness (QED) is 0.491. The standard InChI is InChI=1S/C5H11Cl2O5P/c6-13(7)12-2-4(10)5(11)3(9)1-8/h3-5,8-11H,1-2H2/t3-,4+,5+/m1/s1. The first kappa shape index (κ1) is 13.8. The minimum absolute atomic E-state index is 0.295. The topological polar surface area (TPSA) is 90.2 Å². The van der Waals surface area contributed by atoms with Crippen molar-refractivity contribution in [2.45, 2.75) is 18.3 Å². The fourth-order valence-corrected chi connectivity index (χ4v) is 1.20. The second kappa shape index (κ2) is 7.15. The Bertz CT molecular complexity index is 138. The van der Waals surface area contributed by atoms with Gasteiger partial charge in [0, 0.05) is 0 Å². The maximum atomic E-state index is 9.12. The van der Waals surface area contributed by atoms with Gasteiger partial charge in [-0.15, -0.1) is 0 Å². The number of rotatable bonds is 6. The van der Waals surface area contributed by atoms with Gasteiger partial charge in [-0.3, -0.25) is 0 Å². The van der Waals surface area contributed by atoms with E-state index in [0.717, 1.165) is 0 Å². The van der Waals surface area contributed by atoms with Crippen LogP contribution in [0, 0.1) is 0 Å². The number of hydrogen-bond donors (Lipinski definition) is 4. The molecule has 0 saturated heterocycles. The Kier molecular flexibility index (Phi) is 7.59. The third-order valence-electron chi connectivity index (χ3n) is 1.32. The lowest BCUT2D eigenvalue weighted by Crippen LogP contribution is -2.41. The Morgan fingerprint density at radius 3 is 2.08 bits per heavy atom. The molecule has 0 radical (unpaired) electrons. The zero-order valence-electron chi connectivity index (χ0n) is 6.55. The van der Waals surface area contributed by atoms with E-state index in [9.17, 15) is 0 Å². The summed E-state index contributed by atoms with van der Waals surface area (Å²) in [6.07, 6.45) is -4.21. The zero-order chi connectivity index (χ0) is 10.4. The Morgan fingerprint density at radius 1 is 1.15 bits per heavy atom. The molecule has 0 fully saturated rings. The molecule has 0 rings (SSSR count). The van der Waals surface area contributed by atoms with Gasteiger partial charge >= 0.3 is 0 Å². The third kappa shape index (κ3) is 5.99. The highest BCUT2D eigenvalue weighted by atomic mass is 35.9. The van der Waals surface area contributed by atoms with Crippen LogP contribution in [0.1, 0.15) is 0 Å². The van der Waals surface area contributed by atoms with Crippen molar-refractivity contribution in [2.24, 2.45) is 0 Å². The van der Waals surface area contributed by atoms with Crippen molar-refractivity contribution in [3.05, 3.63) is 0 Å². The van der Waals surface area contributed by atoms with Crippen LogP contribution in [-0.2, 0) is 4.52 Å². The predicted octanol–water partition coefficient (Wildman–Crippen LogP) is -0.218. The molecule has 13 heavy (non-hydrogen) atoms. The molecule has 0 aliphatic rings. The van der Waals surface area contributed by atoms with E-state index in [2.05, 4.69) is 4.52 Å². The maximum absolute atomic E-state index is 9.12. The minimum Gasteiger partial charge on any atom is -0.394 e. The van der Waals surface area contributed by atoms with Crippen molar-refractivity contribution in [1.29, 1.82) is 0 Å². The molecule has 0 aromatic heterocycles. The molecule has 0 aromatic rings. The molecule has 5 nitrogen and oxygen atoms in total. The Morgan fingerprint density at radius 2 is 1.69 bits per heavy atom. The summed E-state index contributed by atoms with van der Waals surface area (Å²) in [5.74, 6) is 0. The van der Waals surface area contributed by atoms with E-state index in [0.29, 0.717) is 0 Å². The van der Waals surface area contributed by atoms with Crippen molar-refractivity contribution in [3.63, 3.8) is 0 Å². The molecule has 3 atom stereocenters. The van der Waals surface area contributed by atoms with Crippen LogP contribution in [0.25, 0.3) is 0 Å². The number of halogens is 2. The van der Waals surface area contributed by atoms with Crippen molar-refractivity contribution in [2.75, 3.05) is 13.2 Å². The molecule has 0 unspecified atom stereocenters. The van der Waals surface area contributed by atoms with Crippen molar-refractivity contribution in [1.82, 2.24) is 0 Å². The Hall–Kier alpha value is 0.810. The van der Waals surface area contributed by atoms with Gasteiger partial charge in [0.25, 0.3) is 0 Å². The van der Waals surface area contributed by atoms with Crippen molar-refractivity contribution < 1.29 is 24.9 Å². The largest absolute Gasteiger partial charge is 0.394 e. The van der Waals surface area contributed by atoms with Crippen LogP contribution < -0.4 is 0 Å². The molecule has 0 aromatic carbocycles. The Labute approximate surface area is 86.3 Å². The van der Waals surface area contributed by atoms with Crippen LogP contribution in [0.4, 0.5) is 0 Å². The van der Waals surface area contributed by atoms with Crippen LogP contribution in [0.15, 0.2) is 0 Å². The minimum atomic E-state index is -1.65. The summed E-state index contributed by atoms with van der Waals surface area (Å²) in [5.41, 5.74) is 0. The highest BCUT2D eigenvalue weighted by Gasteiger charge is 2.24. The van der Waals surface area contributed by atoms with Gasteiger partial charge in [-0.25, -0.2) is 0 Å². The molecule has 4 N–H and O–H groups in total. The summed E-state index contributed by atoms with van der Waals surface area (Å²) in [6.45, 7) is -2.59. The summed E-state index contributed by atoms with van der Waals surface area (Å²) in [7, 11) is 0. The van der Waals surface area contributed by atoms with E-state index >= 15 is 0 Å². The van der Waals surface area contributed by atoms with E-state index in [-0.39, 0.29) is 6.61 Å². The molecule has 0 aliphatic heterocycles. The lowest BCUT2D eigenvalue weighted by Gasteiger charge is -2.21. The van der Waals surface area contributed by atoms with E-state index < -0.39 is 31.8 Å². The summed E-state index contributed by atoms with van der Waals surface area (Å²) < 4.78 is 4.61. The normalized spacial score (nSPS) is 18.7. The Balaban J connectivity index is 3.74. The summed E-state index contributed by atoms with van der Waals surface area (Å²) >= 11 is 10.5. The fraction of sp³-hybridized carbons (Fsp3) is 1.00. The number of aliphatic hydroxyl groups is 4. The van der Waals surface area contributed by atoms with Crippen LogP contribution in [0.3, 0.4) is 0 Å². The van der Waals surface area contributed by atoms with E-state index in [1.54, 1.807) is 0 Å². The molecule has 0 bridgehead atoms. The lowest BCUT2D eigenvalue weighted by molar-refractivity contribution is -0.0859. The highest BCUT2D eigenvalue weighted by molar-refractivity contribution is 8.00. The summed E-state index contributed by atoms with van der Waals surface area (Å²) in [6, 6.07) is 0. The zero-order valence-corrected chi connectivity index (χ0v) is 8.95. The van der Waals surface area contributed by atoms with E-state index in [1.807, 2.05) is 0 Å². The van der Waals surface area contributed by atoms with Gasteiger partial charge in [-0.05, 0) is 22.5 Å². The first-order chi connectivity index (χ1) is 5.99. The SMILES string of the molecule is OC[C@@H](O)[C@H](O)[C@@H](O)COP(Cl)Cl. The number of hydrogen-bond acceptors (Lipinski definition) is 5. The maximum Gasteiger partial charge on any atom is 0.225 e. The van der Waals surface area contributed by atoms with Crippen LogP contribution in [-0.4, -0.2) is 52.0 Å². The van der Waals surface area contributed by atoms with Crippen LogP contribution in [0.5, 0.6) is 0 Å². The van der Waals surface area contributed by atoms with Crippen molar-refractivity contribution in [3.8, 4) is 0 Å². The van der Waals surface area contributed by atoms with Crippen molar-refractivity contribution >= 4 is 29.3 Å². The number of aliphatic hydroxyl groups excluding tert-OH is 4. The van der Waals surface area contributed by atoms with Gasteiger partial charge in [0.15, 0.2) is 0 Å². The molecular weight excluding hydrogens is 242 g/mol. The molecule has 0 heterocycles. The monoisotopic (exact) mass is 252 g/mol. The first-order valence-corrected chi connectivity index (χ1v) is 6.45. The average molecular weight is 253 g/mol. The first-order valence-electron chi connectivity index (χ1n) is 3.38. The van der Waals surface area contributed by atoms with Gasteiger partial charge in [-0.1, -0.05) is 0 Å². The highest BCUT2D eigenvalue weighted by Crippen LogP contribution is 2.47. The van der Waals surface area contributed by atoms with Gasteiger partial charge < -0.3 is 24.9 Å². The smallest absolute Gasteiger partial charge is 0.225 e. The van der Waals surface area contributed by atoms with Gasteiger partial charge in [0.1, 0.15) is 18.3 Å². The van der Waals surface area contributed by atoms with Crippen LogP contribution >= 0.6 is 29.3 Å². The van der Waals surface area contributed by atoms with E-state index in [1.165, 1.54) is 0 Å². The predicted molar refractivity (Wildman–Crippen MR) is 49.7 cm³/mol. The molecule has 0 spiro atoms. The van der Waals surface area contributed by atoms with Gasteiger partial charge in [0.05, 0.1) is 13.2 Å². The van der Waals surface area contributed by atoms with Crippen LogP contribution in [0.2, 0.25) is 0 Å². The van der Waals surface area contributed by atoms with E-state index in [4.69, 9.17) is 42.9 Å². The van der Waals surface area contributed by atoms with Gasteiger partial charge in [-0.2, -0.15) is 0 Å². The second-order valence-corrected chi connectivity index (χ2v) is 5.33. The summed E-state index contributed by atoms with van der Waals surface area (Å²) in [4.78, 5) is 0. The summed E-state index contributed by atoms with van der Waals surface area (Å²) in [5, 5.41) is 35.5. The fourth-order valence-electron chi connectivity index (χ4n) is 0.596. The molecule has 0 saturated carbocycles. The third-order valence-corrected chi connectivity index (χ3v) is 2.25. The molecule has 8 heteroatoms.